The third kappa shape index (κ3) is 4.25. The molecule has 3 rings (SSSR count). The van der Waals surface area contributed by atoms with E-state index < -0.39 is 0 Å². The molecule has 1 heterocycles. The highest BCUT2D eigenvalue weighted by atomic mass is 19.1. The van der Waals surface area contributed by atoms with E-state index in [0.29, 0.717) is 24.2 Å². The minimum Gasteiger partial charge on any atom is -0.374 e. The molecule has 0 atom stereocenters. The lowest BCUT2D eigenvalue weighted by molar-refractivity contribution is 0.0651. The molecule has 0 unspecified atom stereocenters. The third-order valence-corrected chi connectivity index (χ3v) is 3.96. The monoisotopic (exact) mass is 340 g/mol. The molecule has 1 amide bonds. The first-order valence-corrected chi connectivity index (χ1v) is 8.28. The number of aromatic nitrogens is 1. The van der Waals surface area contributed by atoms with Gasteiger partial charge < -0.3 is 15.0 Å². The van der Waals surface area contributed by atoms with Crippen LogP contribution in [0, 0.1) is 5.82 Å². The predicted molar refractivity (Wildman–Crippen MR) is 95.8 cm³/mol. The van der Waals surface area contributed by atoms with E-state index in [1.807, 2.05) is 38.1 Å². The van der Waals surface area contributed by atoms with E-state index in [2.05, 4.69) is 10.3 Å². The standard InChI is InChI=1S/C20H21FN2O2/c1-13(2)25-12-15-6-4-3-5-14(15)11-22-20(24)19-10-16-9-17(21)7-8-18(16)23-19/h3-10,13,23H,11-12H2,1-2H3,(H,22,24). The first-order chi connectivity index (χ1) is 12.0. The normalized spacial score (nSPS) is 11.2. The summed E-state index contributed by atoms with van der Waals surface area (Å²) in [7, 11) is 0. The largest absolute Gasteiger partial charge is 0.374 e. The molecular weight excluding hydrogens is 319 g/mol. The van der Waals surface area contributed by atoms with Crippen molar-refractivity contribution in [2.24, 2.45) is 0 Å². The van der Waals surface area contributed by atoms with Crippen molar-refractivity contribution in [3.05, 3.63) is 71.2 Å². The maximum atomic E-state index is 13.3. The fourth-order valence-electron chi connectivity index (χ4n) is 2.62. The summed E-state index contributed by atoms with van der Waals surface area (Å²) in [6.45, 7) is 4.89. The van der Waals surface area contributed by atoms with Crippen molar-refractivity contribution in [3.8, 4) is 0 Å². The van der Waals surface area contributed by atoms with Gasteiger partial charge in [-0.2, -0.15) is 0 Å². The maximum absolute atomic E-state index is 13.3. The number of carbonyl (C=O) groups excluding carboxylic acids is 1. The minimum atomic E-state index is -0.322. The number of carbonyl (C=O) groups is 1. The zero-order valence-corrected chi connectivity index (χ0v) is 14.3. The smallest absolute Gasteiger partial charge is 0.267 e. The van der Waals surface area contributed by atoms with E-state index >= 15 is 0 Å². The molecule has 25 heavy (non-hydrogen) atoms. The average Bonchev–Trinajstić information content (AvgIpc) is 3.01. The fourth-order valence-corrected chi connectivity index (χ4v) is 2.62. The number of fused-ring (bicyclic) bond motifs is 1. The Hall–Kier alpha value is -2.66. The minimum absolute atomic E-state index is 0.148. The van der Waals surface area contributed by atoms with Gasteiger partial charge in [0, 0.05) is 17.4 Å². The van der Waals surface area contributed by atoms with E-state index in [0.717, 1.165) is 16.6 Å². The molecule has 0 aliphatic heterocycles. The first kappa shape index (κ1) is 17.2. The van der Waals surface area contributed by atoms with Crippen molar-refractivity contribution in [2.45, 2.75) is 33.1 Å². The summed E-state index contributed by atoms with van der Waals surface area (Å²) in [6.07, 6.45) is 0.148. The van der Waals surface area contributed by atoms with Crippen molar-refractivity contribution in [3.63, 3.8) is 0 Å². The summed E-state index contributed by atoms with van der Waals surface area (Å²) in [4.78, 5) is 15.4. The number of halogens is 1. The molecule has 0 aliphatic rings. The van der Waals surface area contributed by atoms with Crippen LogP contribution in [0.5, 0.6) is 0 Å². The van der Waals surface area contributed by atoms with Crippen LogP contribution in [0.1, 0.15) is 35.5 Å². The van der Waals surface area contributed by atoms with Crippen molar-refractivity contribution in [2.75, 3.05) is 0 Å². The van der Waals surface area contributed by atoms with Gasteiger partial charge in [0.05, 0.1) is 12.7 Å². The van der Waals surface area contributed by atoms with Crippen molar-refractivity contribution in [1.29, 1.82) is 0 Å². The number of H-pyrrole nitrogens is 1. The lowest BCUT2D eigenvalue weighted by Gasteiger charge is -2.12. The highest BCUT2D eigenvalue weighted by Crippen LogP contribution is 2.17. The zero-order chi connectivity index (χ0) is 17.8. The molecule has 3 aromatic rings. The highest BCUT2D eigenvalue weighted by Gasteiger charge is 2.11. The summed E-state index contributed by atoms with van der Waals surface area (Å²) in [5.41, 5.74) is 3.21. The topological polar surface area (TPSA) is 54.1 Å². The van der Waals surface area contributed by atoms with Crippen LogP contribution < -0.4 is 5.32 Å². The lowest BCUT2D eigenvalue weighted by Crippen LogP contribution is -2.23. The molecule has 2 aromatic carbocycles. The molecule has 130 valence electrons. The molecule has 1 aromatic heterocycles. The summed E-state index contributed by atoms with van der Waals surface area (Å²) in [5.74, 6) is -0.547. The molecule has 0 aliphatic carbocycles. The Kier molecular flexibility index (Phi) is 5.14. The Bertz CT molecular complexity index is 886. The van der Waals surface area contributed by atoms with Crippen LogP contribution in [0.15, 0.2) is 48.5 Å². The Labute approximate surface area is 146 Å². The van der Waals surface area contributed by atoms with Crippen LogP contribution in [0.4, 0.5) is 4.39 Å². The molecule has 0 saturated heterocycles. The van der Waals surface area contributed by atoms with E-state index in [9.17, 15) is 9.18 Å². The van der Waals surface area contributed by atoms with E-state index in [4.69, 9.17) is 4.74 Å². The molecular formula is C20H21FN2O2. The highest BCUT2D eigenvalue weighted by molar-refractivity contribution is 5.97. The van der Waals surface area contributed by atoms with Gasteiger partial charge in [-0.05, 0) is 49.2 Å². The van der Waals surface area contributed by atoms with Crippen LogP contribution in [0.2, 0.25) is 0 Å². The van der Waals surface area contributed by atoms with Gasteiger partial charge in [-0.15, -0.1) is 0 Å². The fraction of sp³-hybridized carbons (Fsp3) is 0.250. The number of benzene rings is 2. The SMILES string of the molecule is CC(C)OCc1ccccc1CNC(=O)c1cc2cc(F)ccc2[nH]1. The van der Waals surface area contributed by atoms with E-state index in [1.54, 1.807) is 12.1 Å². The first-order valence-electron chi connectivity index (χ1n) is 8.28. The van der Waals surface area contributed by atoms with Crippen LogP contribution in [-0.4, -0.2) is 17.0 Å². The second kappa shape index (κ2) is 7.49. The Morgan fingerprint density at radius 3 is 2.68 bits per heavy atom. The van der Waals surface area contributed by atoms with Crippen molar-refractivity contribution in [1.82, 2.24) is 10.3 Å². The summed E-state index contributed by atoms with van der Waals surface area (Å²) in [5, 5.41) is 3.58. The number of rotatable bonds is 6. The number of amides is 1. The second-order valence-electron chi connectivity index (χ2n) is 6.23. The van der Waals surface area contributed by atoms with Crippen molar-refractivity contribution < 1.29 is 13.9 Å². The maximum Gasteiger partial charge on any atom is 0.267 e. The molecule has 0 radical (unpaired) electrons. The van der Waals surface area contributed by atoms with Crippen molar-refractivity contribution >= 4 is 16.8 Å². The van der Waals surface area contributed by atoms with Gasteiger partial charge in [0.25, 0.3) is 5.91 Å². The van der Waals surface area contributed by atoms with Crippen LogP contribution in [-0.2, 0) is 17.9 Å². The van der Waals surface area contributed by atoms with E-state index in [1.165, 1.54) is 12.1 Å². The summed E-state index contributed by atoms with van der Waals surface area (Å²) < 4.78 is 18.9. The molecule has 5 heteroatoms. The zero-order valence-electron chi connectivity index (χ0n) is 14.3. The second-order valence-corrected chi connectivity index (χ2v) is 6.23. The third-order valence-electron chi connectivity index (χ3n) is 3.96. The predicted octanol–water partition coefficient (Wildman–Crippen LogP) is 4.16. The Morgan fingerprint density at radius 1 is 1.16 bits per heavy atom. The van der Waals surface area contributed by atoms with Gasteiger partial charge in [-0.3, -0.25) is 4.79 Å². The van der Waals surface area contributed by atoms with Crippen LogP contribution >= 0.6 is 0 Å². The number of hydrogen-bond donors (Lipinski definition) is 2. The number of ether oxygens (including phenoxy) is 1. The van der Waals surface area contributed by atoms with Gasteiger partial charge in [0.1, 0.15) is 11.5 Å². The molecule has 0 bridgehead atoms. The van der Waals surface area contributed by atoms with Crippen LogP contribution in [0.25, 0.3) is 10.9 Å². The lowest BCUT2D eigenvalue weighted by atomic mass is 10.1. The number of aromatic amines is 1. The van der Waals surface area contributed by atoms with Gasteiger partial charge in [-0.1, -0.05) is 24.3 Å². The Morgan fingerprint density at radius 2 is 1.92 bits per heavy atom. The Balaban J connectivity index is 1.69. The van der Waals surface area contributed by atoms with Gasteiger partial charge in [0.2, 0.25) is 0 Å². The average molecular weight is 340 g/mol. The number of hydrogen-bond acceptors (Lipinski definition) is 2. The quantitative estimate of drug-likeness (QED) is 0.708. The van der Waals surface area contributed by atoms with Gasteiger partial charge in [-0.25, -0.2) is 4.39 Å². The number of nitrogens with one attached hydrogen (secondary N) is 2. The van der Waals surface area contributed by atoms with E-state index in [-0.39, 0.29) is 17.8 Å². The van der Waals surface area contributed by atoms with Gasteiger partial charge >= 0.3 is 0 Å². The van der Waals surface area contributed by atoms with Gasteiger partial charge in [0.15, 0.2) is 0 Å². The van der Waals surface area contributed by atoms with Crippen LogP contribution in [0.3, 0.4) is 0 Å². The molecule has 4 nitrogen and oxygen atoms in total. The molecule has 2 N–H and O–H groups in total. The molecule has 0 spiro atoms. The summed E-state index contributed by atoms with van der Waals surface area (Å²) >= 11 is 0. The molecule has 0 fully saturated rings. The molecule has 0 saturated carbocycles. The summed E-state index contributed by atoms with van der Waals surface area (Å²) in [6, 6.07) is 13.9.